The van der Waals surface area contributed by atoms with Crippen molar-refractivity contribution < 1.29 is 50.2 Å². The van der Waals surface area contributed by atoms with Gasteiger partial charge in [0, 0.05) is 56.6 Å². The van der Waals surface area contributed by atoms with Crippen molar-refractivity contribution in [1.82, 2.24) is 25.4 Å². The van der Waals surface area contributed by atoms with Crippen LogP contribution in [0.5, 0.6) is 0 Å². The van der Waals surface area contributed by atoms with E-state index in [0.29, 0.717) is 48.4 Å². The van der Waals surface area contributed by atoms with Crippen LogP contribution in [0.15, 0.2) is 36.5 Å². The summed E-state index contributed by atoms with van der Waals surface area (Å²) in [6.07, 6.45) is -8.37. The molecule has 17 heteroatoms. The molecule has 2 aromatic rings. The number of hydrogen-bond acceptors (Lipinski definition) is 4. The highest BCUT2D eigenvalue weighted by atomic mass is 19.4. The van der Waals surface area contributed by atoms with Crippen molar-refractivity contribution in [3.05, 3.63) is 59.2 Å². The minimum atomic E-state index is -5.11. The monoisotopic (exact) mass is 648 g/mol. The van der Waals surface area contributed by atoms with Gasteiger partial charge in [0.25, 0.3) is 0 Å². The fourth-order valence-corrected chi connectivity index (χ4v) is 5.69. The van der Waals surface area contributed by atoms with Gasteiger partial charge in [-0.1, -0.05) is 0 Å². The number of hydrogen-bond donors (Lipinski definition) is 3. The molecule has 1 aromatic heterocycles. The Balaban J connectivity index is 1.55. The highest BCUT2D eigenvalue weighted by Crippen LogP contribution is 2.39. The molecule has 2 fully saturated rings. The summed E-state index contributed by atoms with van der Waals surface area (Å²) in [6, 6.07) is 0.589. The van der Waals surface area contributed by atoms with Gasteiger partial charge in [-0.05, 0) is 56.0 Å². The average Bonchev–Trinajstić information content (AvgIpc) is 3.42. The number of aromatic nitrogens is 1. The Labute approximate surface area is 253 Å². The largest absolute Gasteiger partial charge is 0.465 e. The van der Waals surface area contributed by atoms with Crippen LogP contribution in [-0.4, -0.2) is 83.4 Å². The van der Waals surface area contributed by atoms with E-state index in [0.717, 1.165) is 24.2 Å². The maximum Gasteiger partial charge on any atom is 0.416 e. The summed E-state index contributed by atoms with van der Waals surface area (Å²) < 4.78 is 94.3. The number of pyridine rings is 1. The lowest BCUT2D eigenvalue weighted by atomic mass is 9.91. The second-order valence-corrected chi connectivity index (χ2v) is 11.1. The number of nitrogens with one attached hydrogen (secondary N) is 2. The van der Waals surface area contributed by atoms with Crippen molar-refractivity contribution in [2.45, 2.75) is 62.1 Å². The van der Waals surface area contributed by atoms with Gasteiger partial charge in [0.05, 0.1) is 23.4 Å². The van der Waals surface area contributed by atoms with Crippen LogP contribution in [0, 0.1) is 5.82 Å². The fourth-order valence-electron chi connectivity index (χ4n) is 5.69. The van der Waals surface area contributed by atoms with Crippen LogP contribution in [0.2, 0.25) is 0 Å². The Morgan fingerprint density at radius 1 is 0.889 bits per heavy atom. The topological polar surface area (TPSA) is 118 Å². The van der Waals surface area contributed by atoms with E-state index < -0.39 is 65.1 Å². The van der Waals surface area contributed by atoms with Crippen LogP contribution in [0.3, 0.4) is 0 Å². The third-order valence-electron chi connectivity index (χ3n) is 8.13. The van der Waals surface area contributed by atoms with Crippen molar-refractivity contribution in [2.24, 2.45) is 0 Å². The van der Waals surface area contributed by atoms with Crippen molar-refractivity contribution in [3.63, 3.8) is 0 Å². The first-order valence-corrected chi connectivity index (χ1v) is 13.9. The van der Waals surface area contributed by atoms with Crippen LogP contribution in [-0.2, 0) is 12.4 Å². The normalized spacial score (nSPS) is 22.1. The predicted molar refractivity (Wildman–Crippen MR) is 146 cm³/mol. The molecule has 1 saturated heterocycles. The van der Waals surface area contributed by atoms with Gasteiger partial charge >= 0.3 is 30.5 Å². The molecule has 2 aliphatic rings. The number of urea groups is 2. The lowest BCUT2D eigenvalue weighted by Gasteiger charge is -2.33. The van der Waals surface area contributed by atoms with Gasteiger partial charge < -0.3 is 25.5 Å². The van der Waals surface area contributed by atoms with Crippen molar-refractivity contribution >= 4 is 23.8 Å². The van der Waals surface area contributed by atoms with Crippen molar-refractivity contribution in [2.75, 3.05) is 32.1 Å². The van der Waals surface area contributed by atoms with E-state index in [1.165, 1.54) is 18.0 Å². The lowest BCUT2D eigenvalue weighted by molar-refractivity contribution is -0.143. The Kier molecular flexibility index (Phi) is 9.68. The summed E-state index contributed by atoms with van der Waals surface area (Å²) >= 11 is 0. The molecule has 3 N–H and O–H groups in total. The molecule has 1 aromatic carbocycles. The zero-order valence-electron chi connectivity index (χ0n) is 24.1. The van der Waals surface area contributed by atoms with Gasteiger partial charge in [0.2, 0.25) is 0 Å². The SMILES string of the molecule is CN(C(=O)N(C)[C@@H]1CN(C(=O)N[C@H]2CC[C@H](NC(=O)O)CC2)C[C@H]1c1ccc(F)cn1)c1cc(C(F)(F)F)cc(C(F)(F)F)c1. The molecule has 1 saturated carbocycles. The molecule has 1 aliphatic carbocycles. The molecule has 0 radical (unpaired) electrons. The first kappa shape index (κ1) is 33.6. The summed E-state index contributed by atoms with van der Waals surface area (Å²) in [6.45, 7) is -0.0495. The highest BCUT2D eigenvalue weighted by Gasteiger charge is 2.43. The van der Waals surface area contributed by atoms with Crippen molar-refractivity contribution in [3.8, 4) is 0 Å². The molecule has 2 atom stereocenters. The number of nitrogens with zero attached hydrogens (tertiary/aromatic N) is 4. The summed E-state index contributed by atoms with van der Waals surface area (Å²) in [5.74, 6) is -1.31. The number of rotatable bonds is 5. The van der Waals surface area contributed by atoms with Gasteiger partial charge in [0.1, 0.15) is 5.82 Å². The van der Waals surface area contributed by atoms with E-state index in [1.54, 1.807) is 0 Å². The second-order valence-electron chi connectivity index (χ2n) is 11.1. The van der Waals surface area contributed by atoms with Crippen LogP contribution in [0.1, 0.15) is 48.4 Å². The van der Waals surface area contributed by atoms with Gasteiger partial charge in [-0.2, -0.15) is 26.3 Å². The Hall–Kier alpha value is -4.31. The number of benzene rings is 1. The Morgan fingerprint density at radius 3 is 1.93 bits per heavy atom. The number of alkyl halides is 6. The van der Waals surface area contributed by atoms with E-state index in [2.05, 4.69) is 15.6 Å². The summed E-state index contributed by atoms with van der Waals surface area (Å²) in [4.78, 5) is 44.9. The minimum Gasteiger partial charge on any atom is -0.465 e. The number of carboxylic acid groups (broad SMARTS) is 1. The van der Waals surface area contributed by atoms with E-state index in [4.69, 9.17) is 5.11 Å². The molecule has 0 unspecified atom stereocenters. The van der Waals surface area contributed by atoms with E-state index in [-0.39, 0.29) is 31.2 Å². The quantitative estimate of drug-likeness (QED) is 0.370. The maximum atomic E-state index is 13.6. The fraction of sp³-hybridized carbons (Fsp3) is 0.500. The van der Waals surface area contributed by atoms with Crippen LogP contribution < -0.4 is 15.5 Å². The Bertz CT molecular complexity index is 1370. The molecule has 0 bridgehead atoms. The summed E-state index contributed by atoms with van der Waals surface area (Å²) in [7, 11) is 2.34. The lowest BCUT2D eigenvalue weighted by Crippen LogP contribution is -2.49. The number of anilines is 1. The maximum absolute atomic E-state index is 13.6. The van der Waals surface area contributed by atoms with E-state index in [9.17, 15) is 45.1 Å². The number of likely N-dealkylation sites (tertiary alicyclic amines) is 1. The van der Waals surface area contributed by atoms with Gasteiger partial charge in [-0.3, -0.25) is 9.88 Å². The summed E-state index contributed by atoms with van der Waals surface area (Å²) in [5, 5.41) is 14.2. The van der Waals surface area contributed by atoms with E-state index in [1.807, 2.05) is 0 Å². The molecular weight excluding hydrogens is 617 g/mol. The molecule has 0 spiro atoms. The van der Waals surface area contributed by atoms with Crippen LogP contribution >= 0.6 is 0 Å². The molecule has 5 amide bonds. The molecular formula is C28H31F7N6O4. The molecule has 2 heterocycles. The standard InChI is InChI=1S/C28H31F7N6O4/c1-39(20-10-15(27(30,31)32)9-16(11-20)28(33,34)35)26(45)40(2)23-14-41(13-21(23)22-8-3-17(29)12-36-22)24(42)37-18-4-6-19(7-5-18)38-25(43)44/h3,8-12,18-19,21,23,38H,4-7,13-14H2,1-2H3,(H,37,42)(H,43,44)/t18-,19-,21-,23+/m0/s1. The first-order valence-electron chi connectivity index (χ1n) is 13.9. The molecule has 4 rings (SSSR count). The Morgan fingerprint density at radius 2 is 1.44 bits per heavy atom. The van der Waals surface area contributed by atoms with Gasteiger partial charge in [-0.25, -0.2) is 18.8 Å². The van der Waals surface area contributed by atoms with Crippen LogP contribution in [0.25, 0.3) is 0 Å². The summed E-state index contributed by atoms with van der Waals surface area (Å²) in [5.41, 5.74) is -3.50. The molecule has 45 heavy (non-hydrogen) atoms. The highest BCUT2D eigenvalue weighted by molar-refractivity contribution is 5.92. The smallest absolute Gasteiger partial charge is 0.416 e. The number of carbonyl (C=O) groups is 3. The van der Waals surface area contributed by atoms with Gasteiger partial charge in [0.15, 0.2) is 0 Å². The van der Waals surface area contributed by atoms with Crippen molar-refractivity contribution in [1.29, 1.82) is 0 Å². The average molecular weight is 649 g/mol. The molecule has 1 aliphatic heterocycles. The second kappa shape index (κ2) is 13.0. The third-order valence-corrected chi connectivity index (χ3v) is 8.13. The number of amides is 5. The van der Waals surface area contributed by atoms with E-state index >= 15 is 0 Å². The van der Waals surface area contributed by atoms with Crippen LogP contribution in [0.4, 0.5) is 50.8 Å². The zero-order chi connectivity index (χ0) is 33.3. The van der Waals surface area contributed by atoms with Gasteiger partial charge in [-0.15, -0.1) is 0 Å². The number of carbonyl (C=O) groups excluding carboxylic acids is 2. The third kappa shape index (κ3) is 8.05. The number of likely N-dealkylation sites (N-methyl/N-ethyl adjacent to an activating group) is 1. The first-order chi connectivity index (χ1) is 20.9. The molecule has 10 nitrogen and oxygen atoms in total. The number of halogens is 7. The predicted octanol–water partition coefficient (Wildman–Crippen LogP) is 5.50. The molecule has 246 valence electrons. The zero-order valence-corrected chi connectivity index (χ0v) is 24.1. The minimum absolute atomic E-state index is 0.0220.